The lowest BCUT2D eigenvalue weighted by Gasteiger charge is -2.21. The summed E-state index contributed by atoms with van der Waals surface area (Å²) in [6, 6.07) is 6.19. The number of esters is 1. The van der Waals surface area contributed by atoms with Crippen LogP contribution < -0.4 is 0 Å². The molecule has 0 aliphatic carbocycles. The van der Waals surface area contributed by atoms with Crippen LogP contribution in [0.5, 0.6) is 0 Å². The Morgan fingerprint density at radius 3 is 1.62 bits per heavy atom. The van der Waals surface area contributed by atoms with Gasteiger partial charge in [0.2, 0.25) is 0 Å². The number of carboxylic acids is 1. The summed E-state index contributed by atoms with van der Waals surface area (Å²) in [6.45, 7) is 14.8. The molecule has 0 atom stereocenters. The first kappa shape index (κ1) is 47.3. The van der Waals surface area contributed by atoms with E-state index in [-0.39, 0.29) is 5.97 Å². The molecule has 0 fully saturated rings. The highest BCUT2D eigenvalue weighted by Crippen LogP contribution is 2.29. The second kappa shape index (κ2) is 29.7. The first-order valence-corrected chi connectivity index (χ1v) is 21.0. The summed E-state index contributed by atoms with van der Waals surface area (Å²) in [6.07, 6.45) is 23.3. The molecule has 0 spiro atoms. The van der Waals surface area contributed by atoms with Crippen LogP contribution in [0.2, 0.25) is 0 Å². The second-order valence-electron chi connectivity index (χ2n) is 14.2. The topological polar surface area (TPSA) is 82.1 Å². The van der Waals surface area contributed by atoms with Crippen LogP contribution in [0.15, 0.2) is 18.2 Å². The number of aryl methyl sites for hydroxylation is 3. The Kier molecular flexibility index (Phi) is 27.0. The van der Waals surface area contributed by atoms with Crippen LogP contribution in [0, 0.1) is 0 Å². The van der Waals surface area contributed by atoms with E-state index >= 15 is 0 Å². The van der Waals surface area contributed by atoms with Crippen molar-refractivity contribution in [1.29, 1.82) is 0 Å². The molecule has 296 valence electrons. The number of ether oxygens (including phenoxy) is 3. The Morgan fingerprint density at radius 1 is 0.500 bits per heavy atom. The third kappa shape index (κ3) is 17.4. The van der Waals surface area contributed by atoms with Crippen LogP contribution in [0.25, 0.3) is 0 Å². The van der Waals surface area contributed by atoms with E-state index in [1.54, 1.807) is 14.2 Å². The van der Waals surface area contributed by atoms with Gasteiger partial charge in [-0.2, -0.15) is 0 Å². The maximum Gasteiger partial charge on any atom is 0.338 e. The molecular formula is C46H76O6. The number of aromatic carboxylic acids is 1. The average molecular weight is 725 g/mol. The van der Waals surface area contributed by atoms with Crippen molar-refractivity contribution in [2.75, 3.05) is 34.0 Å². The molecule has 2 aromatic carbocycles. The number of rotatable bonds is 28. The zero-order chi connectivity index (χ0) is 38.6. The molecule has 6 nitrogen and oxygen atoms in total. The van der Waals surface area contributed by atoms with E-state index in [1.165, 1.54) is 92.0 Å². The maximum absolute atomic E-state index is 12.6. The number of carbonyl (C=O) groups excluding carboxylic acids is 1. The molecule has 2 rings (SSSR count). The van der Waals surface area contributed by atoms with Crippen LogP contribution in [-0.4, -0.2) is 51.1 Å². The fourth-order valence-corrected chi connectivity index (χ4v) is 7.13. The third-order valence-corrected chi connectivity index (χ3v) is 10.0. The summed E-state index contributed by atoms with van der Waals surface area (Å²) >= 11 is 0. The van der Waals surface area contributed by atoms with Crippen LogP contribution in [0.4, 0.5) is 0 Å². The van der Waals surface area contributed by atoms with Gasteiger partial charge in [-0.05, 0) is 109 Å². The van der Waals surface area contributed by atoms with Crippen molar-refractivity contribution in [2.45, 2.75) is 176 Å². The molecule has 52 heavy (non-hydrogen) atoms. The minimum Gasteiger partial charge on any atom is -0.478 e. The number of carboxylic acid groups (broad SMARTS) is 1. The highest BCUT2D eigenvalue weighted by Gasteiger charge is 2.21. The molecule has 0 saturated carbocycles. The summed E-state index contributed by atoms with van der Waals surface area (Å²) < 4.78 is 16.1. The number of methoxy groups -OCH3 is 2. The zero-order valence-electron chi connectivity index (χ0n) is 34.7. The first-order chi connectivity index (χ1) is 25.3. The Bertz CT molecular complexity index is 1270. The molecule has 0 aliphatic heterocycles. The molecule has 0 unspecified atom stereocenters. The van der Waals surface area contributed by atoms with E-state index in [0.717, 1.165) is 80.9 Å². The van der Waals surface area contributed by atoms with E-state index in [2.05, 4.69) is 47.6 Å². The van der Waals surface area contributed by atoms with Gasteiger partial charge in [0.15, 0.2) is 0 Å². The first-order valence-electron chi connectivity index (χ1n) is 21.0. The van der Waals surface area contributed by atoms with Crippen molar-refractivity contribution in [1.82, 2.24) is 0 Å². The van der Waals surface area contributed by atoms with Crippen molar-refractivity contribution in [3.8, 4) is 0 Å². The summed E-state index contributed by atoms with van der Waals surface area (Å²) in [4.78, 5) is 24.6. The lowest BCUT2D eigenvalue weighted by atomic mass is 9.84. The Labute approximate surface area is 318 Å². The Hall–Kier alpha value is -2.70. The van der Waals surface area contributed by atoms with Gasteiger partial charge in [-0.1, -0.05) is 125 Å². The molecule has 2 aromatic rings. The molecule has 0 aliphatic rings. The molecule has 0 aromatic heterocycles. The second-order valence-corrected chi connectivity index (χ2v) is 14.2. The van der Waals surface area contributed by atoms with Gasteiger partial charge in [0.1, 0.15) is 0 Å². The monoisotopic (exact) mass is 725 g/mol. The standard InChI is InChI=1S/C24H40O3.C22H36O3/c1-5-8-9-10-11-12-15-20-19(13-6-2)18-23(24(25)26)22(16-17-27-4)21(20)14-7-3;1-5-8-9-10-11-12-14-25-22(23)21-17-18(6-2)16-19(7-3)20(21)13-15-24-4/h18H,5-17H2,1-4H3,(H,25,26);16-17H,5-15H2,1-4H3. The lowest BCUT2D eigenvalue weighted by molar-refractivity contribution is 0.0495. The number of benzene rings is 2. The Balaban J connectivity index is 0.000000522. The fourth-order valence-electron chi connectivity index (χ4n) is 7.13. The van der Waals surface area contributed by atoms with E-state index in [1.807, 2.05) is 12.1 Å². The molecule has 0 saturated heterocycles. The highest BCUT2D eigenvalue weighted by atomic mass is 16.5. The van der Waals surface area contributed by atoms with Gasteiger partial charge in [-0.25, -0.2) is 9.59 Å². The molecule has 0 heterocycles. The molecule has 0 amide bonds. The van der Waals surface area contributed by atoms with Gasteiger partial charge in [0, 0.05) is 14.2 Å². The summed E-state index contributed by atoms with van der Waals surface area (Å²) in [5.41, 5.74) is 9.75. The molecule has 6 heteroatoms. The van der Waals surface area contributed by atoms with Crippen LogP contribution in [0.1, 0.15) is 191 Å². The van der Waals surface area contributed by atoms with Crippen molar-refractivity contribution < 1.29 is 28.9 Å². The minimum atomic E-state index is -0.804. The van der Waals surface area contributed by atoms with E-state index in [0.29, 0.717) is 31.8 Å². The third-order valence-electron chi connectivity index (χ3n) is 10.0. The normalized spacial score (nSPS) is 11.0. The van der Waals surface area contributed by atoms with Gasteiger partial charge in [-0.3, -0.25) is 0 Å². The lowest BCUT2D eigenvalue weighted by Crippen LogP contribution is -2.14. The maximum atomic E-state index is 12.6. The van der Waals surface area contributed by atoms with E-state index in [9.17, 15) is 14.7 Å². The predicted molar refractivity (Wildman–Crippen MR) is 218 cm³/mol. The van der Waals surface area contributed by atoms with Gasteiger partial charge >= 0.3 is 11.9 Å². The number of hydrogen-bond donors (Lipinski definition) is 1. The summed E-state index contributed by atoms with van der Waals surface area (Å²) in [7, 11) is 3.38. The molecule has 0 radical (unpaired) electrons. The summed E-state index contributed by atoms with van der Waals surface area (Å²) in [5, 5.41) is 9.80. The van der Waals surface area contributed by atoms with E-state index in [4.69, 9.17) is 14.2 Å². The SMILES string of the molecule is CCCCCCCCOC(=O)c1cc(CC)cc(CC)c1CCOC.CCCCCCCCc1c(CCC)cc(C(=O)O)c(CCOC)c1CCC. The van der Waals surface area contributed by atoms with E-state index < -0.39 is 5.97 Å². The molecule has 1 N–H and O–H groups in total. The van der Waals surface area contributed by atoms with Crippen LogP contribution in [0.3, 0.4) is 0 Å². The van der Waals surface area contributed by atoms with Gasteiger partial charge in [0.05, 0.1) is 30.9 Å². The highest BCUT2D eigenvalue weighted by molar-refractivity contribution is 5.92. The minimum absolute atomic E-state index is 0.176. The average Bonchev–Trinajstić information content (AvgIpc) is 3.15. The predicted octanol–water partition coefficient (Wildman–Crippen LogP) is 11.9. The van der Waals surface area contributed by atoms with Crippen molar-refractivity contribution in [3.05, 3.63) is 68.3 Å². The molecular weight excluding hydrogens is 649 g/mol. The number of hydrogen-bond acceptors (Lipinski definition) is 5. The zero-order valence-corrected chi connectivity index (χ0v) is 34.7. The molecule has 0 bridgehead atoms. The van der Waals surface area contributed by atoms with Crippen molar-refractivity contribution in [3.63, 3.8) is 0 Å². The van der Waals surface area contributed by atoms with Gasteiger partial charge < -0.3 is 19.3 Å². The fraction of sp³-hybridized carbons (Fsp3) is 0.696. The van der Waals surface area contributed by atoms with Gasteiger partial charge in [0.25, 0.3) is 0 Å². The van der Waals surface area contributed by atoms with Crippen LogP contribution >= 0.6 is 0 Å². The summed E-state index contributed by atoms with van der Waals surface area (Å²) in [5.74, 6) is -0.980. The Morgan fingerprint density at radius 2 is 1.08 bits per heavy atom. The quantitative estimate of drug-likeness (QED) is 0.0695. The van der Waals surface area contributed by atoms with Crippen molar-refractivity contribution in [2.24, 2.45) is 0 Å². The van der Waals surface area contributed by atoms with Crippen LogP contribution in [-0.2, 0) is 59.2 Å². The van der Waals surface area contributed by atoms with Gasteiger partial charge in [-0.15, -0.1) is 0 Å². The smallest absolute Gasteiger partial charge is 0.338 e. The number of carbonyl (C=O) groups is 2. The number of unbranched alkanes of at least 4 members (excludes halogenated alkanes) is 10. The van der Waals surface area contributed by atoms with Crippen molar-refractivity contribution >= 4 is 11.9 Å². The largest absolute Gasteiger partial charge is 0.478 e.